The molecule has 2 N–H and O–H groups in total. The molecule has 0 spiro atoms. The van der Waals surface area contributed by atoms with Crippen LogP contribution in [-0.4, -0.2) is 46.7 Å². The molecule has 0 fully saturated rings. The van der Waals surface area contributed by atoms with Crippen LogP contribution in [0, 0.1) is 0 Å². The first-order valence-corrected chi connectivity index (χ1v) is 15.3. The smallest absolute Gasteiger partial charge is 0.264 e. The standard InChI is InChI=1S/C32H31ClN4O6S/c1-23(25-6-4-3-5-7-25)35-32(39)22-43-29-14-8-24(9-15-29)20-34-36-31(38)21-37(27-12-10-26(33)11-13-27)44(40,41)30-18-16-28(42-2)17-19-30/h3-20,23H,21-22H2,1-2H3,(H,35,39)(H,36,38)/b34-20-/t23-/m0/s1. The molecule has 0 radical (unpaired) electrons. The van der Waals surface area contributed by atoms with Crippen LogP contribution >= 0.6 is 11.6 Å². The van der Waals surface area contributed by atoms with Gasteiger partial charge in [0, 0.05) is 5.02 Å². The van der Waals surface area contributed by atoms with E-state index in [1.807, 2.05) is 37.3 Å². The fourth-order valence-corrected chi connectivity index (χ4v) is 5.60. The number of halogens is 1. The van der Waals surface area contributed by atoms with Gasteiger partial charge in [-0.05, 0) is 90.8 Å². The average Bonchev–Trinajstić information content (AvgIpc) is 3.04. The Hall–Kier alpha value is -4.87. The van der Waals surface area contributed by atoms with Gasteiger partial charge in [-0.15, -0.1) is 0 Å². The van der Waals surface area contributed by atoms with Crippen molar-refractivity contribution in [2.24, 2.45) is 5.10 Å². The maximum atomic E-state index is 13.5. The Morgan fingerprint density at radius 1 is 0.886 bits per heavy atom. The Balaban J connectivity index is 1.33. The lowest BCUT2D eigenvalue weighted by atomic mass is 10.1. The van der Waals surface area contributed by atoms with Crippen molar-refractivity contribution < 1.29 is 27.5 Å². The van der Waals surface area contributed by atoms with Gasteiger partial charge < -0.3 is 14.8 Å². The molecule has 4 aromatic carbocycles. The first-order valence-electron chi connectivity index (χ1n) is 13.5. The van der Waals surface area contributed by atoms with Crippen LogP contribution in [0.3, 0.4) is 0 Å². The maximum Gasteiger partial charge on any atom is 0.264 e. The summed E-state index contributed by atoms with van der Waals surface area (Å²) in [5.41, 5.74) is 4.25. The molecule has 2 amide bonds. The molecule has 0 saturated heterocycles. The van der Waals surface area contributed by atoms with E-state index in [4.69, 9.17) is 21.1 Å². The molecule has 0 aliphatic carbocycles. The van der Waals surface area contributed by atoms with E-state index in [1.54, 1.807) is 24.3 Å². The van der Waals surface area contributed by atoms with Gasteiger partial charge >= 0.3 is 0 Å². The second-order valence-corrected chi connectivity index (χ2v) is 11.8. The Kier molecular flexibility index (Phi) is 11.0. The number of methoxy groups -OCH3 is 1. The number of hydrogen-bond donors (Lipinski definition) is 2. The normalized spacial score (nSPS) is 11.9. The van der Waals surface area contributed by atoms with Crippen molar-refractivity contribution in [2.75, 3.05) is 24.6 Å². The molecule has 10 nitrogen and oxygen atoms in total. The van der Waals surface area contributed by atoms with Gasteiger partial charge in [-0.2, -0.15) is 5.10 Å². The molecule has 0 aliphatic heterocycles. The number of nitrogens with one attached hydrogen (secondary N) is 2. The summed E-state index contributed by atoms with van der Waals surface area (Å²) in [5.74, 6) is 0.0593. The first-order chi connectivity index (χ1) is 21.2. The molecular weight excluding hydrogens is 604 g/mol. The Morgan fingerprint density at radius 2 is 1.52 bits per heavy atom. The summed E-state index contributed by atoms with van der Waals surface area (Å²) in [6.07, 6.45) is 1.40. The largest absolute Gasteiger partial charge is 0.497 e. The number of anilines is 1. The van der Waals surface area contributed by atoms with Crippen molar-refractivity contribution in [3.63, 3.8) is 0 Å². The molecule has 12 heteroatoms. The van der Waals surface area contributed by atoms with Crippen molar-refractivity contribution in [3.8, 4) is 11.5 Å². The van der Waals surface area contributed by atoms with Crippen molar-refractivity contribution in [1.82, 2.24) is 10.7 Å². The first kappa shape index (κ1) is 32.1. The highest BCUT2D eigenvalue weighted by Crippen LogP contribution is 2.26. The minimum absolute atomic E-state index is 0.0185. The molecular formula is C32H31ClN4O6S. The number of ether oxygens (including phenoxy) is 2. The predicted octanol–water partition coefficient (Wildman–Crippen LogP) is 4.95. The Morgan fingerprint density at radius 3 is 2.16 bits per heavy atom. The van der Waals surface area contributed by atoms with E-state index in [9.17, 15) is 18.0 Å². The van der Waals surface area contributed by atoms with Gasteiger partial charge in [0.25, 0.3) is 21.8 Å². The summed E-state index contributed by atoms with van der Waals surface area (Å²) in [5, 5.41) is 7.26. The Bertz CT molecular complexity index is 1680. The van der Waals surface area contributed by atoms with Gasteiger partial charge in [0.05, 0.1) is 29.9 Å². The van der Waals surface area contributed by atoms with Gasteiger partial charge in [0.15, 0.2) is 6.61 Å². The second-order valence-electron chi connectivity index (χ2n) is 9.51. The van der Waals surface area contributed by atoms with E-state index in [0.29, 0.717) is 22.1 Å². The third-order valence-electron chi connectivity index (χ3n) is 6.38. The number of carbonyl (C=O) groups is 2. The third-order valence-corrected chi connectivity index (χ3v) is 8.42. The number of carbonyl (C=O) groups excluding carboxylic acids is 2. The van der Waals surface area contributed by atoms with E-state index in [0.717, 1.165) is 9.87 Å². The van der Waals surface area contributed by atoms with Crippen LogP contribution in [0.25, 0.3) is 0 Å². The van der Waals surface area contributed by atoms with Gasteiger partial charge in [0.2, 0.25) is 0 Å². The molecule has 1 atom stereocenters. The number of nitrogens with zero attached hydrogens (tertiary/aromatic N) is 2. The fraction of sp³-hybridized carbons (Fsp3) is 0.156. The minimum atomic E-state index is -4.12. The van der Waals surface area contributed by atoms with Crippen LogP contribution in [0.5, 0.6) is 11.5 Å². The zero-order valence-corrected chi connectivity index (χ0v) is 25.6. The number of rotatable bonds is 13. The third kappa shape index (κ3) is 8.82. The van der Waals surface area contributed by atoms with Gasteiger partial charge in [-0.1, -0.05) is 41.9 Å². The van der Waals surface area contributed by atoms with Crippen molar-refractivity contribution in [3.05, 3.63) is 119 Å². The summed E-state index contributed by atoms with van der Waals surface area (Å²) in [6.45, 7) is 1.21. The van der Waals surface area contributed by atoms with Crippen LogP contribution in [0.15, 0.2) is 113 Å². The van der Waals surface area contributed by atoms with Gasteiger partial charge in [-0.3, -0.25) is 13.9 Å². The quantitative estimate of drug-likeness (QED) is 0.158. The second kappa shape index (κ2) is 15.0. The van der Waals surface area contributed by atoms with Crippen LogP contribution in [0.4, 0.5) is 5.69 Å². The highest BCUT2D eigenvalue weighted by molar-refractivity contribution is 7.92. The Labute approximate surface area is 261 Å². The summed E-state index contributed by atoms with van der Waals surface area (Å²) >= 11 is 5.99. The van der Waals surface area contributed by atoms with Crippen molar-refractivity contribution >= 4 is 45.3 Å². The fourth-order valence-electron chi connectivity index (χ4n) is 4.05. The number of benzene rings is 4. The zero-order chi connectivity index (χ0) is 31.5. The van der Waals surface area contributed by atoms with Gasteiger partial charge in [-0.25, -0.2) is 13.8 Å². The molecule has 0 unspecified atom stereocenters. The lowest BCUT2D eigenvalue weighted by Crippen LogP contribution is -2.39. The van der Waals surface area contributed by atoms with Crippen LogP contribution in [0.1, 0.15) is 24.1 Å². The summed E-state index contributed by atoms with van der Waals surface area (Å²) in [6, 6.07) is 28.1. The van der Waals surface area contributed by atoms with Crippen LogP contribution < -0.4 is 24.5 Å². The molecule has 0 heterocycles. The highest BCUT2D eigenvalue weighted by Gasteiger charge is 2.27. The van der Waals surface area contributed by atoms with Crippen molar-refractivity contribution in [1.29, 1.82) is 0 Å². The topological polar surface area (TPSA) is 126 Å². The molecule has 0 aliphatic rings. The maximum absolute atomic E-state index is 13.5. The number of amides is 2. The molecule has 0 saturated carbocycles. The minimum Gasteiger partial charge on any atom is -0.497 e. The number of hydrazone groups is 1. The molecule has 0 bridgehead atoms. The van der Waals surface area contributed by atoms with E-state index >= 15 is 0 Å². The lowest BCUT2D eigenvalue weighted by Gasteiger charge is -2.23. The summed E-state index contributed by atoms with van der Waals surface area (Å²) in [4.78, 5) is 25.1. The van der Waals surface area contributed by atoms with Crippen LogP contribution in [-0.2, 0) is 19.6 Å². The van der Waals surface area contributed by atoms with E-state index < -0.39 is 22.5 Å². The van der Waals surface area contributed by atoms with Crippen molar-refractivity contribution in [2.45, 2.75) is 17.9 Å². The van der Waals surface area contributed by atoms with E-state index in [-0.39, 0.29) is 29.1 Å². The molecule has 228 valence electrons. The lowest BCUT2D eigenvalue weighted by molar-refractivity contribution is -0.123. The molecule has 4 aromatic rings. The summed E-state index contributed by atoms with van der Waals surface area (Å²) in [7, 11) is -2.64. The molecule has 0 aromatic heterocycles. The zero-order valence-electron chi connectivity index (χ0n) is 24.0. The number of sulfonamides is 1. The van der Waals surface area contributed by atoms with E-state index in [1.165, 1.54) is 61.9 Å². The van der Waals surface area contributed by atoms with Gasteiger partial charge in [0.1, 0.15) is 18.0 Å². The van der Waals surface area contributed by atoms with Crippen LogP contribution in [0.2, 0.25) is 5.02 Å². The molecule has 4 rings (SSSR count). The predicted molar refractivity (Wildman–Crippen MR) is 170 cm³/mol. The average molecular weight is 635 g/mol. The number of hydrogen-bond acceptors (Lipinski definition) is 7. The highest BCUT2D eigenvalue weighted by atomic mass is 35.5. The molecule has 44 heavy (non-hydrogen) atoms. The SMILES string of the molecule is COc1ccc(S(=O)(=O)N(CC(=O)N/N=C\c2ccc(OCC(=O)N[C@@H](C)c3ccccc3)cc2)c2ccc(Cl)cc2)cc1. The monoisotopic (exact) mass is 634 g/mol. The van der Waals surface area contributed by atoms with E-state index in [2.05, 4.69) is 15.8 Å². The summed E-state index contributed by atoms with van der Waals surface area (Å²) < 4.78 is 38.6.